The molecule has 1 aliphatic carbocycles. The van der Waals surface area contributed by atoms with E-state index in [0.29, 0.717) is 6.04 Å². The van der Waals surface area contributed by atoms with Gasteiger partial charge in [0.15, 0.2) is 0 Å². The van der Waals surface area contributed by atoms with Gasteiger partial charge in [0.1, 0.15) is 0 Å². The van der Waals surface area contributed by atoms with Crippen LogP contribution in [0.1, 0.15) is 59.3 Å². The summed E-state index contributed by atoms with van der Waals surface area (Å²) in [6.45, 7) is 12.0. The Morgan fingerprint density at radius 3 is 2.67 bits per heavy atom. The molecule has 2 heterocycles. The van der Waals surface area contributed by atoms with E-state index in [1.807, 2.05) is 0 Å². The Labute approximate surface area is 131 Å². The van der Waals surface area contributed by atoms with E-state index >= 15 is 0 Å². The van der Waals surface area contributed by atoms with Crippen LogP contribution in [0.25, 0.3) is 0 Å². The maximum Gasteiger partial charge on any atom is 0.0366 e. The van der Waals surface area contributed by atoms with Crippen molar-refractivity contribution in [3.63, 3.8) is 0 Å². The molecule has 122 valence electrons. The monoisotopic (exact) mass is 293 g/mol. The molecule has 2 saturated heterocycles. The summed E-state index contributed by atoms with van der Waals surface area (Å²) in [5, 5.41) is 0. The van der Waals surface area contributed by atoms with Crippen molar-refractivity contribution in [1.29, 1.82) is 0 Å². The number of nitrogens with zero attached hydrogens (tertiary/aromatic N) is 2. The van der Waals surface area contributed by atoms with Gasteiger partial charge < -0.3 is 5.73 Å². The van der Waals surface area contributed by atoms with E-state index < -0.39 is 0 Å². The number of rotatable bonds is 3. The summed E-state index contributed by atoms with van der Waals surface area (Å²) in [5.74, 6) is 1.54. The van der Waals surface area contributed by atoms with Crippen molar-refractivity contribution in [2.24, 2.45) is 17.6 Å². The molecular weight excluding hydrogens is 258 g/mol. The predicted octanol–water partition coefficient (Wildman–Crippen LogP) is 2.70. The van der Waals surface area contributed by atoms with Crippen molar-refractivity contribution in [2.75, 3.05) is 26.2 Å². The van der Waals surface area contributed by atoms with Crippen molar-refractivity contribution < 1.29 is 0 Å². The molecule has 2 aliphatic heterocycles. The Hall–Kier alpha value is -0.120. The van der Waals surface area contributed by atoms with Crippen LogP contribution in [0.2, 0.25) is 0 Å². The molecular formula is C18H35N3. The second-order valence-corrected chi connectivity index (χ2v) is 8.20. The topological polar surface area (TPSA) is 32.5 Å². The fourth-order valence-corrected chi connectivity index (χ4v) is 5.74. The highest BCUT2D eigenvalue weighted by molar-refractivity contribution is 5.06. The second-order valence-electron chi connectivity index (χ2n) is 8.20. The molecule has 21 heavy (non-hydrogen) atoms. The Bertz CT molecular complexity index is 356. The van der Waals surface area contributed by atoms with Crippen LogP contribution in [0.4, 0.5) is 0 Å². The van der Waals surface area contributed by atoms with Gasteiger partial charge >= 0.3 is 0 Å². The van der Waals surface area contributed by atoms with Crippen LogP contribution in [0.15, 0.2) is 0 Å². The summed E-state index contributed by atoms with van der Waals surface area (Å²) in [5.41, 5.74) is 6.72. The van der Waals surface area contributed by atoms with Gasteiger partial charge in [-0.25, -0.2) is 0 Å². The SMILES string of the molecule is CC(C)C1CCCCC1(CN)N1CC2CCCN2CC1C. The van der Waals surface area contributed by atoms with Gasteiger partial charge in [-0.05, 0) is 51.0 Å². The zero-order valence-electron chi connectivity index (χ0n) is 14.4. The third kappa shape index (κ3) is 2.66. The number of nitrogens with two attached hydrogens (primary N) is 1. The van der Waals surface area contributed by atoms with E-state index in [0.717, 1.165) is 24.4 Å². The normalized spacial score (nSPS) is 42.4. The molecule has 3 aliphatic rings. The van der Waals surface area contributed by atoms with Gasteiger partial charge in [0, 0.05) is 37.3 Å². The van der Waals surface area contributed by atoms with Crippen LogP contribution < -0.4 is 5.73 Å². The summed E-state index contributed by atoms with van der Waals surface area (Å²) in [6.07, 6.45) is 8.28. The molecule has 3 nitrogen and oxygen atoms in total. The van der Waals surface area contributed by atoms with E-state index in [9.17, 15) is 0 Å². The van der Waals surface area contributed by atoms with Gasteiger partial charge in [0.05, 0.1) is 0 Å². The first-order valence-electron chi connectivity index (χ1n) is 9.29. The fourth-order valence-electron chi connectivity index (χ4n) is 5.74. The third-order valence-corrected chi connectivity index (χ3v) is 6.73. The molecule has 4 atom stereocenters. The van der Waals surface area contributed by atoms with Crippen molar-refractivity contribution in [3.05, 3.63) is 0 Å². The van der Waals surface area contributed by atoms with Crippen molar-refractivity contribution in [1.82, 2.24) is 9.80 Å². The molecule has 0 amide bonds. The van der Waals surface area contributed by atoms with Crippen molar-refractivity contribution in [3.8, 4) is 0 Å². The molecule has 0 aromatic carbocycles. The standard InChI is InChI=1S/C18H35N3/c1-14(2)17-8-4-5-9-18(17,13-19)21-12-16-7-6-10-20(16)11-15(21)3/h14-17H,4-13,19H2,1-3H3. The lowest BCUT2D eigenvalue weighted by atomic mass is 9.66. The van der Waals surface area contributed by atoms with Gasteiger partial charge in [-0.15, -0.1) is 0 Å². The third-order valence-electron chi connectivity index (χ3n) is 6.73. The first kappa shape index (κ1) is 15.8. The summed E-state index contributed by atoms with van der Waals surface area (Å²) >= 11 is 0. The molecule has 0 spiro atoms. The molecule has 0 aromatic heterocycles. The molecule has 3 fully saturated rings. The van der Waals surface area contributed by atoms with Crippen LogP contribution in [-0.4, -0.2) is 53.6 Å². The molecule has 4 unspecified atom stereocenters. The molecule has 0 bridgehead atoms. The average molecular weight is 293 g/mol. The molecule has 2 N–H and O–H groups in total. The van der Waals surface area contributed by atoms with E-state index in [1.54, 1.807) is 0 Å². The average Bonchev–Trinajstić information content (AvgIpc) is 2.93. The van der Waals surface area contributed by atoms with Crippen LogP contribution in [0.3, 0.4) is 0 Å². The van der Waals surface area contributed by atoms with Crippen molar-refractivity contribution in [2.45, 2.75) is 76.9 Å². The molecule has 0 aromatic rings. The predicted molar refractivity (Wildman–Crippen MR) is 89.3 cm³/mol. The lowest BCUT2D eigenvalue weighted by Crippen LogP contribution is -2.69. The van der Waals surface area contributed by atoms with E-state index in [1.165, 1.54) is 58.2 Å². The lowest BCUT2D eigenvalue weighted by Gasteiger charge is -2.58. The summed E-state index contributed by atoms with van der Waals surface area (Å²) in [4.78, 5) is 5.60. The molecule has 1 saturated carbocycles. The first-order chi connectivity index (χ1) is 10.1. The summed E-state index contributed by atoms with van der Waals surface area (Å²) < 4.78 is 0. The maximum atomic E-state index is 6.44. The highest BCUT2D eigenvalue weighted by Crippen LogP contribution is 2.44. The number of hydrogen-bond acceptors (Lipinski definition) is 3. The first-order valence-corrected chi connectivity index (χ1v) is 9.29. The van der Waals surface area contributed by atoms with Crippen LogP contribution in [-0.2, 0) is 0 Å². The largest absolute Gasteiger partial charge is 0.329 e. The number of hydrogen-bond donors (Lipinski definition) is 1. The van der Waals surface area contributed by atoms with Gasteiger partial charge in [-0.2, -0.15) is 0 Å². The van der Waals surface area contributed by atoms with E-state index in [2.05, 4.69) is 30.6 Å². The summed E-state index contributed by atoms with van der Waals surface area (Å²) in [7, 11) is 0. The second kappa shape index (κ2) is 6.17. The highest BCUT2D eigenvalue weighted by Gasteiger charge is 2.49. The van der Waals surface area contributed by atoms with Crippen LogP contribution >= 0.6 is 0 Å². The highest BCUT2D eigenvalue weighted by atomic mass is 15.3. The molecule has 3 rings (SSSR count). The van der Waals surface area contributed by atoms with E-state index in [4.69, 9.17) is 5.73 Å². The quantitative estimate of drug-likeness (QED) is 0.868. The van der Waals surface area contributed by atoms with Gasteiger partial charge in [0.2, 0.25) is 0 Å². The Morgan fingerprint density at radius 2 is 1.95 bits per heavy atom. The summed E-state index contributed by atoms with van der Waals surface area (Å²) in [6, 6.07) is 1.47. The Balaban J connectivity index is 1.86. The minimum atomic E-state index is 0.278. The minimum absolute atomic E-state index is 0.278. The van der Waals surface area contributed by atoms with E-state index in [-0.39, 0.29) is 5.54 Å². The maximum absolute atomic E-state index is 6.44. The zero-order valence-corrected chi connectivity index (χ0v) is 14.4. The number of piperazine rings is 1. The Morgan fingerprint density at radius 1 is 1.14 bits per heavy atom. The zero-order chi connectivity index (χ0) is 15.0. The lowest BCUT2D eigenvalue weighted by molar-refractivity contribution is -0.0772. The van der Waals surface area contributed by atoms with Crippen LogP contribution in [0, 0.1) is 11.8 Å². The smallest absolute Gasteiger partial charge is 0.0366 e. The number of fused-ring (bicyclic) bond motifs is 1. The molecule has 0 radical (unpaired) electrons. The Kier molecular flexibility index (Phi) is 4.63. The molecule has 3 heteroatoms. The fraction of sp³-hybridized carbons (Fsp3) is 1.00. The minimum Gasteiger partial charge on any atom is -0.329 e. The van der Waals surface area contributed by atoms with Crippen molar-refractivity contribution >= 4 is 0 Å². The van der Waals surface area contributed by atoms with Crippen LogP contribution in [0.5, 0.6) is 0 Å². The van der Waals surface area contributed by atoms with Gasteiger partial charge in [0.25, 0.3) is 0 Å². The van der Waals surface area contributed by atoms with Gasteiger partial charge in [-0.1, -0.05) is 26.7 Å². The van der Waals surface area contributed by atoms with Gasteiger partial charge in [-0.3, -0.25) is 9.80 Å².